The van der Waals surface area contributed by atoms with Crippen LogP contribution in [-0.4, -0.2) is 67.8 Å². The minimum absolute atomic E-state index is 0.00945. The van der Waals surface area contributed by atoms with E-state index in [2.05, 4.69) is 20.2 Å². The molecule has 1 aliphatic heterocycles. The highest BCUT2D eigenvalue weighted by Crippen LogP contribution is 2.32. The molecule has 2 amide bonds. The van der Waals surface area contributed by atoms with Crippen molar-refractivity contribution in [1.29, 1.82) is 0 Å². The average molecular weight is 385 g/mol. The molecule has 2 heterocycles. The standard InChI is InChI=1S/C20H27N5O3/c1-4-7-21-20(26)25-10-8-24(9-11-25)19-13-16(22-14-23-19)15-5-6-17(27-2)18(12-15)28-3/h5-6,12-14H,4,7-11H2,1-3H3,(H,21,26). The Balaban J connectivity index is 1.70. The molecule has 2 aromatic rings. The highest BCUT2D eigenvalue weighted by Gasteiger charge is 2.22. The Morgan fingerprint density at radius 1 is 1.07 bits per heavy atom. The summed E-state index contributed by atoms with van der Waals surface area (Å²) in [5.74, 6) is 2.19. The van der Waals surface area contributed by atoms with Crippen molar-refractivity contribution < 1.29 is 14.3 Å². The fourth-order valence-corrected chi connectivity index (χ4v) is 3.16. The first-order chi connectivity index (χ1) is 13.7. The van der Waals surface area contributed by atoms with Gasteiger partial charge in [-0.2, -0.15) is 0 Å². The van der Waals surface area contributed by atoms with Crippen molar-refractivity contribution >= 4 is 11.8 Å². The summed E-state index contributed by atoms with van der Waals surface area (Å²) in [4.78, 5) is 25.0. The zero-order valence-electron chi connectivity index (χ0n) is 16.6. The zero-order valence-corrected chi connectivity index (χ0v) is 16.6. The van der Waals surface area contributed by atoms with Gasteiger partial charge in [-0.3, -0.25) is 0 Å². The smallest absolute Gasteiger partial charge is 0.317 e. The number of anilines is 1. The Hall–Kier alpha value is -3.03. The quantitative estimate of drug-likeness (QED) is 0.823. The Kier molecular flexibility index (Phi) is 6.52. The highest BCUT2D eigenvalue weighted by molar-refractivity contribution is 5.74. The molecule has 8 nitrogen and oxygen atoms in total. The number of aromatic nitrogens is 2. The second kappa shape index (κ2) is 9.25. The van der Waals surface area contributed by atoms with Gasteiger partial charge in [0.25, 0.3) is 0 Å². The Bertz CT molecular complexity index is 806. The minimum Gasteiger partial charge on any atom is -0.493 e. The summed E-state index contributed by atoms with van der Waals surface area (Å²) in [6.07, 6.45) is 2.51. The predicted octanol–water partition coefficient (Wildman–Crippen LogP) is 2.40. The van der Waals surface area contributed by atoms with Crippen molar-refractivity contribution in [3.63, 3.8) is 0 Å². The lowest BCUT2D eigenvalue weighted by Crippen LogP contribution is -2.52. The largest absolute Gasteiger partial charge is 0.493 e. The first kappa shape index (κ1) is 19.7. The molecule has 0 saturated carbocycles. The van der Waals surface area contributed by atoms with Crippen molar-refractivity contribution in [2.24, 2.45) is 0 Å². The van der Waals surface area contributed by atoms with Crippen LogP contribution in [0.25, 0.3) is 11.3 Å². The lowest BCUT2D eigenvalue weighted by atomic mass is 10.1. The maximum absolute atomic E-state index is 12.1. The molecule has 1 saturated heterocycles. The van der Waals surface area contributed by atoms with Gasteiger partial charge in [0.1, 0.15) is 12.1 Å². The molecule has 0 unspecified atom stereocenters. The van der Waals surface area contributed by atoms with E-state index >= 15 is 0 Å². The van der Waals surface area contributed by atoms with Crippen LogP contribution in [0, 0.1) is 0 Å². The number of amides is 2. The maximum atomic E-state index is 12.1. The molecule has 1 N–H and O–H groups in total. The van der Waals surface area contributed by atoms with Crippen LogP contribution in [0.1, 0.15) is 13.3 Å². The lowest BCUT2D eigenvalue weighted by molar-refractivity contribution is 0.194. The Labute approximate surface area is 165 Å². The fourth-order valence-electron chi connectivity index (χ4n) is 3.16. The summed E-state index contributed by atoms with van der Waals surface area (Å²) >= 11 is 0. The van der Waals surface area contributed by atoms with E-state index in [9.17, 15) is 4.79 Å². The predicted molar refractivity (Wildman–Crippen MR) is 108 cm³/mol. The molecular weight excluding hydrogens is 358 g/mol. The Morgan fingerprint density at radius 3 is 2.50 bits per heavy atom. The van der Waals surface area contributed by atoms with Gasteiger partial charge in [-0.15, -0.1) is 0 Å². The molecule has 0 aliphatic carbocycles. The molecular formula is C20H27N5O3. The van der Waals surface area contributed by atoms with Crippen molar-refractivity contribution in [2.45, 2.75) is 13.3 Å². The third-order valence-corrected chi connectivity index (χ3v) is 4.75. The SMILES string of the molecule is CCCNC(=O)N1CCN(c2cc(-c3ccc(OC)c(OC)c3)ncn2)CC1. The number of nitrogens with one attached hydrogen (secondary N) is 1. The number of hydrogen-bond acceptors (Lipinski definition) is 6. The van der Waals surface area contributed by atoms with E-state index in [1.54, 1.807) is 20.5 Å². The number of methoxy groups -OCH3 is 2. The molecule has 1 aromatic carbocycles. The van der Waals surface area contributed by atoms with Gasteiger partial charge >= 0.3 is 6.03 Å². The topological polar surface area (TPSA) is 79.8 Å². The maximum Gasteiger partial charge on any atom is 0.317 e. The molecule has 0 bridgehead atoms. The third-order valence-electron chi connectivity index (χ3n) is 4.75. The molecule has 1 aromatic heterocycles. The zero-order chi connectivity index (χ0) is 19.9. The van der Waals surface area contributed by atoms with Crippen LogP contribution in [0.5, 0.6) is 11.5 Å². The molecule has 3 rings (SSSR count). The number of hydrogen-bond donors (Lipinski definition) is 1. The summed E-state index contributed by atoms with van der Waals surface area (Å²) in [6.45, 7) is 5.57. The number of ether oxygens (including phenoxy) is 2. The molecule has 28 heavy (non-hydrogen) atoms. The van der Waals surface area contributed by atoms with Crippen LogP contribution < -0.4 is 19.7 Å². The second-order valence-corrected chi connectivity index (χ2v) is 6.54. The summed E-state index contributed by atoms with van der Waals surface area (Å²) in [6, 6.07) is 7.69. The van der Waals surface area contributed by atoms with E-state index in [1.165, 1.54) is 0 Å². The normalized spacial score (nSPS) is 14.0. The molecule has 1 fully saturated rings. The van der Waals surface area contributed by atoms with Gasteiger partial charge in [-0.1, -0.05) is 6.92 Å². The third kappa shape index (κ3) is 4.44. The van der Waals surface area contributed by atoms with Gasteiger partial charge in [0.15, 0.2) is 11.5 Å². The summed E-state index contributed by atoms with van der Waals surface area (Å²) in [5.41, 5.74) is 1.74. The number of nitrogens with zero attached hydrogens (tertiary/aromatic N) is 4. The number of piperazine rings is 1. The fraction of sp³-hybridized carbons (Fsp3) is 0.450. The Morgan fingerprint density at radius 2 is 1.82 bits per heavy atom. The second-order valence-electron chi connectivity index (χ2n) is 6.54. The molecule has 150 valence electrons. The van der Waals surface area contributed by atoms with E-state index in [0.29, 0.717) is 31.1 Å². The van der Waals surface area contributed by atoms with Crippen molar-refractivity contribution in [2.75, 3.05) is 51.8 Å². The highest BCUT2D eigenvalue weighted by atomic mass is 16.5. The minimum atomic E-state index is 0.00945. The summed E-state index contributed by atoms with van der Waals surface area (Å²) in [7, 11) is 3.23. The summed E-state index contributed by atoms with van der Waals surface area (Å²) in [5, 5.41) is 2.93. The van der Waals surface area contributed by atoms with Gasteiger partial charge in [0, 0.05) is 44.4 Å². The van der Waals surface area contributed by atoms with Crippen LogP contribution in [0.15, 0.2) is 30.6 Å². The first-order valence-electron chi connectivity index (χ1n) is 9.48. The van der Waals surface area contributed by atoms with Gasteiger partial charge in [0.2, 0.25) is 0 Å². The van der Waals surface area contributed by atoms with Crippen LogP contribution in [0.2, 0.25) is 0 Å². The van der Waals surface area contributed by atoms with Gasteiger partial charge in [-0.25, -0.2) is 14.8 Å². The number of carbonyl (C=O) groups is 1. The van der Waals surface area contributed by atoms with Crippen LogP contribution in [-0.2, 0) is 0 Å². The van der Waals surface area contributed by atoms with E-state index < -0.39 is 0 Å². The number of rotatable bonds is 6. The van der Waals surface area contributed by atoms with E-state index in [1.807, 2.05) is 36.1 Å². The molecule has 0 atom stereocenters. The number of carbonyl (C=O) groups excluding carboxylic acids is 1. The van der Waals surface area contributed by atoms with Gasteiger partial charge in [-0.05, 0) is 24.6 Å². The number of benzene rings is 1. The lowest BCUT2D eigenvalue weighted by Gasteiger charge is -2.35. The van der Waals surface area contributed by atoms with Gasteiger partial charge < -0.3 is 24.6 Å². The van der Waals surface area contributed by atoms with Crippen molar-refractivity contribution in [3.05, 3.63) is 30.6 Å². The van der Waals surface area contributed by atoms with Crippen molar-refractivity contribution in [3.8, 4) is 22.8 Å². The van der Waals surface area contributed by atoms with E-state index in [0.717, 1.165) is 36.6 Å². The summed E-state index contributed by atoms with van der Waals surface area (Å²) < 4.78 is 10.7. The average Bonchev–Trinajstić information content (AvgIpc) is 2.77. The van der Waals surface area contributed by atoms with Gasteiger partial charge in [0.05, 0.1) is 19.9 Å². The molecule has 0 radical (unpaired) electrons. The first-order valence-corrected chi connectivity index (χ1v) is 9.48. The monoisotopic (exact) mass is 385 g/mol. The molecule has 0 spiro atoms. The van der Waals surface area contributed by atoms with Crippen LogP contribution in [0.3, 0.4) is 0 Å². The molecule has 1 aliphatic rings. The van der Waals surface area contributed by atoms with Crippen LogP contribution >= 0.6 is 0 Å². The van der Waals surface area contributed by atoms with E-state index in [4.69, 9.17) is 9.47 Å². The molecule has 8 heteroatoms. The van der Waals surface area contributed by atoms with Crippen molar-refractivity contribution in [1.82, 2.24) is 20.2 Å². The van der Waals surface area contributed by atoms with Crippen LogP contribution in [0.4, 0.5) is 10.6 Å². The number of urea groups is 1. The van der Waals surface area contributed by atoms with E-state index in [-0.39, 0.29) is 6.03 Å².